The quantitative estimate of drug-likeness (QED) is 0.901. The highest BCUT2D eigenvalue weighted by atomic mass is 35.5. The van der Waals surface area contributed by atoms with E-state index in [-0.39, 0.29) is 5.82 Å². The van der Waals surface area contributed by atoms with Gasteiger partial charge in [-0.2, -0.15) is 0 Å². The van der Waals surface area contributed by atoms with Gasteiger partial charge < -0.3 is 10.2 Å². The molecule has 1 fully saturated rings. The minimum Gasteiger partial charge on any atom is -0.364 e. The molecule has 1 heterocycles. The predicted molar refractivity (Wildman–Crippen MR) is 84.1 cm³/mol. The minimum absolute atomic E-state index is 0.224. The largest absolute Gasteiger partial charge is 0.364 e. The molecule has 1 N–H and O–H groups in total. The van der Waals surface area contributed by atoms with Crippen LogP contribution in [0.4, 0.5) is 10.1 Å². The summed E-state index contributed by atoms with van der Waals surface area (Å²) in [4.78, 5) is 2.27. The maximum absolute atomic E-state index is 13.5. The number of piperazine rings is 1. The van der Waals surface area contributed by atoms with Crippen LogP contribution < -0.4 is 10.2 Å². The second kappa shape index (κ2) is 6.77. The van der Waals surface area contributed by atoms with Gasteiger partial charge >= 0.3 is 0 Å². The molecule has 0 spiro atoms. The fraction of sp³-hybridized carbons (Fsp3) is 0.625. The third kappa shape index (κ3) is 3.64. The van der Waals surface area contributed by atoms with Crippen LogP contribution >= 0.6 is 11.6 Å². The second-order valence-corrected chi connectivity index (χ2v) is 6.45. The molecule has 0 bridgehead atoms. The molecule has 2 atom stereocenters. The summed E-state index contributed by atoms with van der Waals surface area (Å²) in [6, 6.07) is 5.44. The molecule has 1 aliphatic rings. The van der Waals surface area contributed by atoms with E-state index in [0.29, 0.717) is 23.0 Å². The SMILES string of the molecule is CCC1CNC(CC(C)C)CN1c1cc(F)ccc1Cl. The van der Waals surface area contributed by atoms with Crippen LogP contribution in [0.2, 0.25) is 5.02 Å². The molecule has 0 aromatic heterocycles. The zero-order valence-corrected chi connectivity index (χ0v) is 13.3. The van der Waals surface area contributed by atoms with E-state index in [9.17, 15) is 4.39 Å². The van der Waals surface area contributed by atoms with Crippen LogP contribution in [0.15, 0.2) is 18.2 Å². The molecule has 0 amide bonds. The highest BCUT2D eigenvalue weighted by Crippen LogP contribution is 2.30. The van der Waals surface area contributed by atoms with Gasteiger partial charge in [0.25, 0.3) is 0 Å². The number of nitrogens with zero attached hydrogens (tertiary/aromatic N) is 1. The van der Waals surface area contributed by atoms with Crippen molar-refractivity contribution in [2.45, 2.75) is 45.7 Å². The van der Waals surface area contributed by atoms with E-state index in [2.05, 4.69) is 31.0 Å². The van der Waals surface area contributed by atoms with E-state index in [1.165, 1.54) is 6.07 Å². The summed E-state index contributed by atoms with van der Waals surface area (Å²) in [5.41, 5.74) is 0.828. The van der Waals surface area contributed by atoms with Crippen LogP contribution in [-0.4, -0.2) is 25.2 Å². The first-order chi connectivity index (χ1) is 9.51. The van der Waals surface area contributed by atoms with Gasteiger partial charge in [-0.05, 0) is 37.0 Å². The molecular formula is C16H24ClFN2. The maximum Gasteiger partial charge on any atom is 0.125 e. The molecule has 0 aliphatic carbocycles. The van der Waals surface area contributed by atoms with Crippen LogP contribution in [0.3, 0.4) is 0 Å². The van der Waals surface area contributed by atoms with Gasteiger partial charge in [0.2, 0.25) is 0 Å². The molecule has 112 valence electrons. The Morgan fingerprint density at radius 3 is 2.85 bits per heavy atom. The molecule has 2 unspecified atom stereocenters. The Bertz CT molecular complexity index is 450. The first-order valence-electron chi connectivity index (χ1n) is 7.46. The highest BCUT2D eigenvalue weighted by Gasteiger charge is 2.28. The molecule has 1 aliphatic heterocycles. The standard InChI is InChI=1S/C16H24ClFN2/c1-4-14-9-19-13(7-11(2)3)10-20(14)16-8-12(18)5-6-15(16)17/h5-6,8,11,13-14,19H,4,7,9-10H2,1-3H3. The van der Waals surface area contributed by atoms with Gasteiger partial charge in [0, 0.05) is 25.2 Å². The highest BCUT2D eigenvalue weighted by molar-refractivity contribution is 6.33. The van der Waals surface area contributed by atoms with E-state index < -0.39 is 0 Å². The zero-order valence-electron chi connectivity index (χ0n) is 12.5. The Morgan fingerprint density at radius 2 is 2.20 bits per heavy atom. The van der Waals surface area contributed by atoms with Gasteiger partial charge in [0.05, 0.1) is 10.7 Å². The predicted octanol–water partition coefficient (Wildman–Crippen LogP) is 4.08. The number of hydrogen-bond donors (Lipinski definition) is 1. The lowest BCUT2D eigenvalue weighted by Gasteiger charge is -2.42. The zero-order chi connectivity index (χ0) is 14.7. The number of halogens is 2. The minimum atomic E-state index is -0.224. The first kappa shape index (κ1) is 15.6. The summed E-state index contributed by atoms with van der Waals surface area (Å²) < 4.78 is 13.5. The lowest BCUT2D eigenvalue weighted by Crippen LogP contribution is -2.56. The van der Waals surface area contributed by atoms with Crippen LogP contribution in [-0.2, 0) is 0 Å². The van der Waals surface area contributed by atoms with Crippen LogP contribution in [0.5, 0.6) is 0 Å². The van der Waals surface area contributed by atoms with Crippen LogP contribution in [0.25, 0.3) is 0 Å². The monoisotopic (exact) mass is 298 g/mol. The molecule has 2 rings (SSSR count). The van der Waals surface area contributed by atoms with Gasteiger partial charge in [0.1, 0.15) is 5.82 Å². The lowest BCUT2D eigenvalue weighted by molar-refractivity contribution is 0.343. The smallest absolute Gasteiger partial charge is 0.125 e. The van der Waals surface area contributed by atoms with Gasteiger partial charge in [-0.25, -0.2) is 4.39 Å². The third-order valence-electron chi connectivity index (χ3n) is 3.94. The Morgan fingerprint density at radius 1 is 1.45 bits per heavy atom. The number of rotatable bonds is 4. The van der Waals surface area contributed by atoms with Crippen molar-refractivity contribution in [2.24, 2.45) is 5.92 Å². The van der Waals surface area contributed by atoms with Crippen molar-refractivity contribution < 1.29 is 4.39 Å². The molecular weight excluding hydrogens is 275 g/mol. The number of benzene rings is 1. The van der Waals surface area contributed by atoms with E-state index in [4.69, 9.17) is 11.6 Å². The molecule has 0 radical (unpaired) electrons. The molecule has 1 aromatic carbocycles. The van der Waals surface area contributed by atoms with Crippen molar-refractivity contribution in [3.8, 4) is 0 Å². The first-order valence-corrected chi connectivity index (χ1v) is 7.84. The summed E-state index contributed by atoms with van der Waals surface area (Å²) >= 11 is 6.28. The van der Waals surface area contributed by atoms with Crippen LogP contribution in [0, 0.1) is 11.7 Å². The van der Waals surface area contributed by atoms with Crippen molar-refractivity contribution in [1.29, 1.82) is 0 Å². The van der Waals surface area contributed by atoms with E-state index in [1.807, 2.05) is 0 Å². The molecule has 0 saturated carbocycles. The van der Waals surface area contributed by atoms with Crippen LogP contribution in [0.1, 0.15) is 33.6 Å². The molecule has 1 aromatic rings. The fourth-order valence-corrected chi connectivity index (χ4v) is 3.18. The van der Waals surface area contributed by atoms with Crippen molar-refractivity contribution in [1.82, 2.24) is 5.32 Å². The number of anilines is 1. The number of hydrogen-bond acceptors (Lipinski definition) is 2. The van der Waals surface area contributed by atoms with E-state index >= 15 is 0 Å². The van der Waals surface area contributed by atoms with Crippen molar-refractivity contribution in [3.63, 3.8) is 0 Å². The summed E-state index contributed by atoms with van der Waals surface area (Å²) in [5.74, 6) is 0.425. The Labute approximate surface area is 126 Å². The average Bonchev–Trinajstić information content (AvgIpc) is 2.41. The van der Waals surface area contributed by atoms with E-state index in [0.717, 1.165) is 31.6 Å². The van der Waals surface area contributed by atoms with E-state index in [1.54, 1.807) is 12.1 Å². The summed E-state index contributed by atoms with van der Waals surface area (Å²) in [6.45, 7) is 8.44. The van der Waals surface area contributed by atoms with Crippen molar-refractivity contribution >= 4 is 17.3 Å². The third-order valence-corrected chi connectivity index (χ3v) is 4.26. The molecule has 20 heavy (non-hydrogen) atoms. The second-order valence-electron chi connectivity index (χ2n) is 6.04. The lowest BCUT2D eigenvalue weighted by atomic mass is 9.98. The Hall–Kier alpha value is -0.800. The number of nitrogens with one attached hydrogen (secondary N) is 1. The molecule has 4 heteroatoms. The van der Waals surface area contributed by atoms with Gasteiger partial charge in [-0.1, -0.05) is 32.4 Å². The Kier molecular flexibility index (Phi) is 5.28. The van der Waals surface area contributed by atoms with Crippen molar-refractivity contribution in [2.75, 3.05) is 18.0 Å². The van der Waals surface area contributed by atoms with Gasteiger partial charge in [-0.15, -0.1) is 0 Å². The Balaban J connectivity index is 2.22. The molecule has 1 saturated heterocycles. The average molecular weight is 299 g/mol. The normalized spacial score (nSPS) is 23.4. The van der Waals surface area contributed by atoms with Gasteiger partial charge in [-0.3, -0.25) is 0 Å². The van der Waals surface area contributed by atoms with Crippen molar-refractivity contribution in [3.05, 3.63) is 29.0 Å². The summed E-state index contributed by atoms with van der Waals surface area (Å²) in [5, 5.41) is 4.24. The maximum atomic E-state index is 13.5. The fourth-order valence-electron chi connectivity index (χ4n) is 2.96. The topological polar surface area (TPSA) is 15.3 Å². The van der Waals surface area contributed by atoms with Gasteiger partial charge in [0.15, 0.2) is 0 Å². The summed E-state index contributed by atoms with van der Waals surface area (Å²) in [6.07, 6.45) is 2.15. The summed E-state index contributed by atoms with van der Waals surface area (Å²) in [7, 11) is 0. The molecule has 2 nitrogen and oxygen atoms in total.